The molecule has 0 saturated carbocycles. The van der Waals surface area contributed by atoms with Crippen LogP contribution in [-0.2, 0) is 29.1 Å². The third-order valence-electron chi connectivity index (χ3n) is 6.01. The summed E-state index contributed by atoms with van der Waals surface area (Å²) in [5, 5.41) is 4.19. The van der Waals surface area contributed by atoms with Crippen LogP contribution in [-0.4, -0.2) is 61.0 Å². The van der Waals surface area contributed by atoms with E-state index in [9.17, 15) is 9.59 Å². The van der Waals surface area contributed by atoms with Gasteiger partial charge >= 0.3 is 0 Å². The smallest absolute Gasteiger partial charge is 0.227 e. The van der Waals surface area contributed by atoms with E-state index in [4.69, 9.17) is 4.98 Å². The highest BCUT2D eigenvalue weighted by Crippen LogP contribution is 2.27. The van der Waals surface area contributed by atoms with Gasteiger partial charge in [0.15, 0.2) is 0 Å². The molecule has 8 heteroatoms. The van der Waals surface area contributed by atoms with Crippen molar-refractivity contribution in [2.45, 2.75) is 52.1 Å². The van der Waals surface area contributed by atoms with Crippen LogP contribution >= 0.6 is 0 Å². The van der Waals surface area contributed by atoms with E-state index in [2.05, 4.69) is 10.1 Å². The molecule has 0 radical (unpaired) electrons. The quantitative estimate of drug-likeness (QED) is 0.784. The molecule has 2 aliphatic rings. The Morgan fingerprint density at radius 2 is 2.00 bits per heavy atom. The fourth-order valence-electron chi connectivity index (χ4n) is 4.25. The molecule has 4 rings (SSSR count). The number of fused-ring (bicyclic) bond motifs is 1. The zero-order valence-corrected chi connectivity index (χ0v) is 17.1. The second kappa shape index (κ2) is 8.31. The highest BCUT2D eigenvalue weighted by molar-refractivity contribution is 5.78. The Bertz CT molecular complexity index is 873. The average molecular weight is 396 g/mol. The molecular formula is C21H28N6O2. The van der Waals surface area contributed by atoms with E-state index in [-0.39, 0.29) is 17.7 Å². The second-order valence-electron chi connectivity index (χ2n) is 8.12. The zero-order valence-electron chi connectivity index (χ0n) is 17.1. The Morgan fingerprint density at radius 3 is 2.69 bits per heavy atom. The fraction of sp³-hybridized carbons (Fsp3) is 0.571. The van der Waals surface area contributed by atoms with E-state index in [1.54, 1.807) is 17.8 Å². The Hall–Kier alpha value is -2.77. The van der Waals surface area contributed by atoms with E-state index < -0.39 is 0 Å². The number of nitrogens with zero attached hydrogens (tertiary/aromatic N) is 6. The molecular weight excluding hydrogens is 368 g/mol. The van der Waals surface area contributed by atoms with Crippen molar-refractivity contribution in [1.82, 2.24) is 29.5 Å². The Morgan fingerprint density at radius 1 is 1.21 bits per heavy atom. The van der Waals surface area contributed by atoms with Crippen molar-refractivity contribution < 1.29 is 9.59 Å². The van der Waals surface area contributed by atoms with Crippen molar-refractivity contribution in [3.8, 4) is 0 Å². The number of hydrogen-bond donors (Lipinski definition) is 0. The summed E-state index contributed by atoms with van der Waals surface area (Å²) in [5.74, 6) is 1.36. The number of piperidine rings is 1. The largest absolute Gasteiger partial charge is 0.343 e. The van der Waals surface area contributed by atoms with Crippen molar-refractivity contribution in [2.24, 2.45) is 5.92 Å². The molecule has 8 nitrogen and oxygen atoms in total. The molecule has 1 saturated heterocycles. The lowest BCUT2D eigenvalue weighted by atomic mass is 9.95. The molecule has 4 heterocycles. The summed E-state index contributed by atoms with van der Waals surface area (Å²) >= 11 is 0. The molecule has 1 atom stereocenters. The molecule has 29 heavy (non-hydrogen) atoms. The Kier molecular flexibility index (Phi) is 5.60. The van der Waals surface area contributed by atoms with E-state index in [1.807, 2.05) is 35.2 Å². The predicted molar refractivity (Wildman–Crippen MR) is 107 cm³/mol. The van der Waals surface area contributed by atoms with E-state index in [0.717, 1.165) is 49.4 Å². The van der Waals surface area contributed by atoms with Crippen LogP contribution in [0.5, 0.6) is 0 Å². The summed E-state index contributed by atoms with van der Waals surface area (Å²) in [6.45, 7) is 6.97. The molecule has 0 spiro atoms. The monoisotopic (exact) mass is 396 g/mol. The summed E-state index contributed by atoms with van der Waals surface area (Å²) in [7, 11) is 0. The minimum atomic E-state index is -0.122. The Balaban J connectivity index is 1.38. The van der Waals surface area contributed by atoms with Crippen LogP contribution in [0.15, 0.2) is 24.7 Å². The molecule has 0 aromatic carbocycles. The molecule has 0 bridgehead atoms. The molecule has 2 aromatic heterocycles. The molecule has 2 aromatic rings. The number of likely N-dealkylation sites (tertiary alicyclic amines) is 1. The number of amides is 2. The van der Waals surface area contributed by atoms with Crippen LogP contribution in [0, 0.1) is 5.92 Å². The van der Waals surface area contributed by atoms with Gasteiger partial charge in [-0.05, 0) is 18.9 Å². The Labute approximate surface area is 170 Å². The van der Waals surface area contributed by atoms with Gasteiger partial charge < -0.3 is 9.80 Å². The van der Waals surface area contributed by atoms with Crippen LogP contribution < -0.4 is 0 Å². The first-order valence-corrected chi connectivity index (χ1v) is 10.4. The third-order valence-corrected chi connectivity index (χ3v) is 6.01. The van der Waals surface area contributed by atoms with Gasteiger partial charge in [0.05, 0.1) is 18.2 Å². The lowest BCUT2D eigenvalue weighted by Crippen LogP contribution is -2.41. The maximum atomic E-state index is 12.8. The lowest BCUT2D eigenvalue weighted by molar-refractivity contribution is -0.136. The molecule has 0 N–H and O–H groups in total. The zero-order chi connectivity index (χ0) is 20.4. The van der Waals surface area contributed by atoms with Crippen molar-refractivity contribution in [1.29, 1.82) is 0 Å². The van der Waals surface area contributed by atoms with Crippen LogP contribution in [0.1, 0.15) is 49.7 Å². The number of carbonyl (C=O) groups excluding carboxylic acids is 2. The number of hydrogen-bond acceptors (Lipinski definition) is 5. The van der Waals surface area contributed by atoms with E-state index in [0.29, 0.717) is 25.6 Å². The van der Waals surface area contributed by atoms with Gasteiger partial charge in [0, 0.05) is 69.6 Å². The number of aromatic nitrogens is 4. The average Bonchev–Trinajstić information content (AvgIpc) is 3.25. The van der Waals surface area contributed by atoms with Crippen LogP contribution in [0.3, 0.4) is 0 Å². The first-order valence-electron chi connectivity index (χ1n) is 10.4. The van der Waals surface area contributed by atoms with Gasteiger partial charge in [-0.1, -0.05) is 6.92 Å². The molecule has 1 fully saturated rings. The third kappa shape index (κ3) is 4.31. The van der Waals surface area contributed by atoms with Crippen molar-refractivity contribution >= 4 is 11.8 Å². The van der Waals surface area contributed by atoms with Gasteiger partial charge in [0.2, 0.25) is 11.8 Å². The van der Waals surface area contributed by atoms with Crippen LogP contribution in [0.25, 0.3) is 0 Å². The molecule has 2 amide bonds. The SMILES string of the molecule is CC(=O)N1CCC(c2ncc3c(n2)CCN(C(=O)C(C)Cn2cccn2)C3)CC1. The van der Waals surface area contributed by atoms with E-state index >= 15 is 0 Å². The van der Waals surface area contributed by atoms with Crippen molar-refractivity contribution in [2.75, 3.05) is 19.6 Å². The predicted octanol–water partition coefficient (Wildman–Crippen LogP) is 1.62. The van der Waals surface area contributed by atoms with Crippen molar-refractivity contribution in [3.63, 3.8) is 0 Å². The minimum absolute atomic E-state index is 0.122. The summed E-state index contributed by atoms with van der Waals surface area (Å²) < 4.78 is 1.80. The van der Waals surface area contributed by atoms with Gasteiger partial charge in [-0.2, -0.15) is 5.10 Å². The summed E-state index contributed by atoms with van der Waals surface area (Å²) in [6, 6.07) is 1.87. The van der Waals surface area contributed by atoms with Gasteiger partial charge in [-0.3, -0.25) is 14.3 Å². The van der Waals surface area contributed by atoms with Gasteiger partial charge in [-0.25, -0.2) is 9.97 Å². The minimum Gasteiger partial charge on any atom is -0.343 e. The summed E-state index contributed by atoms with van der Waals surface area (Å²) in [5.41, 5.74) is 2.11. The molecule has 2 aliphatic heterocycles. The van der Waals surface area contributed by atoms with E-state index in [1.165, 1.54) is 0 Å². The number of rotatable bonds is 4. The maximum absolute atomic E-state index is 12.8. The topological polar surface area (TPSA) is 84.2 Å². The van der Waals surface area contributed by atoms with Crippen LogP contribution in [0.4, 0.5) is 0 Å². The summed E-state index contributed by atoms with van der Waals surface area (Å²) in [6.07, 6.45) is 8.09. The fourth-order valence-corrected chi connectivity index (χ4v) is 4.25. The highest BCUT2D eigenvalue weighted by atomic mass is 16.2. The van der Waals surface area contributed by atoms with Gasteiger partial charge in [-0.15, -0.1) is 0 Å². The summed E-state index contributed by atoms with van der Waals surface area (Å²) in [4.78, 5) is 37.6. The highest BCUT2D eigenvalue weighted by Gasteiger charge is 2.28. The second-order valence-corrected chi connectivity index (χ2v) is 8.12. The molecule has 0 aliphatic carbocycles. The standard InChI is InChI=1S/C21H28N6O2/c1-15(13-27-8-3-7-23-27)21(29)26-11-6-19-18(14-26)12-22-20(24-19)17-4-9-25(10-5-17)16(2)28/h3,7-8,12,15,17H,4-6,9-11,13-14H2,1-2H3. The lowest BCUT2D eigenvalue weighted by Gasteiger charge is -2.32. The van der Waals surface area contributed by atoms with Crippen molar-refractivity contribution in [3.05, 3.63) is 41.7 Å². The normalized spacial score (nSPS) is 18.4. The number of carbonyl (C=O) groups is 2. The van der Waals surface area contributed by atoms with Gasteiger partial charge in [0.1, 0.15) is 5.82 Å². The molecule has 1 unspecified atom stereocenters. The van der Waals surface area contributed by atoms with Gasteiger partial charge in [0.25, 0.3) is 0 Å². The van der Waals surface area contributed by atoms with Crippen LogP contribution in [0.2, 0.25) is 0 Å². The molecule has 154 valence electrons. The maximum Gasteiger partial charge on any atom is 0.227 e. The first-order chi connectivity index (χ1) is 14.0. The first kappa shape index (κ1) is 19.5.